The van der Waals surface area contributed by atoms with Crippen molar-refractivity contribution in [3.8, 4) is 5.75 Å². The molecule has 2 aromatic heterocycles. The number of pyridine rings is 1. The number of thioether (sulfide) groups is 1. The molecule has 3 rings (SSSR count). The molecule has 0 radical (unpaired) electrons. The SMILES string of the molecule is COc1cc([N+](=O)[O-])ccc1NC(=O)CSc1nnc2c(Cl)cc(Cl)cn12. The van der Waals surface area contributed by atoms with E-state index in [1.165, 1.54) is 25.3 Å². The van der Waals surface area contributed by atoms with Gasteiger partial charge in [-0.15, -0.1) is 10.2 Å². The van der Waals surface area contributed by atoms with Gasteiger partial charge in [-0.1, -0.05) is 35.0 Å². The first-order valence-corrected chi connectivity index (χ1v) is 9.08. The van der Waals surface area contributed by atoms with E-state index in [0.717, 1.165) is 11.8 Å². The molecule has 2 heterocycles. The Balaban J connectivity index is 1.71. The van der Waals surface area contributed by atoms with E-state index in [1.807, 2.05) is 0 Å². The Morgan fingerprint density at radius 1 is 1.37 bits per heavy atom. The lowest BCUT2D eigenvalue weighted by molar-refractivity contribution is -0.384. The Bertz CT molecular complexity index is 1040. The Labute approximate surface area is 166 Å². The van der Waals surface area contributed by atoms with Crippen molar-refractivity contribution in [3.63, 3.8) is 0 Å². The van der Waals surface area contributed by atoms with Crippen LogP contribution in [0.15, 0.2) is 35.6 Å². The molecule has 1 aromatic carbocycles. The Hall–Kier alpha value is -2.56. The van der Waals surface area contributed by atoms with Crippen molar-refractivity contribution < 1.29 is 14.5 Å². The summed E-state index contributed by atoms with van der Waals surface area (Å²) in [5, 5.41) is 22.6. The zero-order valence-electron chi connectivity index (χ0n) is 13.7. The van der Waals surface area contributed by atoms with E-state index < -0.39 is 4.92 Å². The fourth-order valence-corrected chi connectivity index (χ4v) is 3.43. The fourth-order valence-electron chi connectivity index (χ4n) is 2.21. The molecule has 0 bridgehead atoms. The lowest BCUT2D eigenvalue weighted by Crippen LogP contribution is -2.15. The summed E-state index contributed by atoms with van der Waals surface area (Å²) in [5.41, 5.74) is 0.620. The number of nitro groups is 1. The third-order valence-corrected chi connectivity index (χ3v) is 4.83. The minimum Gasteiger partial charge on any atom is -0.494 e. The molecule has 0 aliphatic heterocycles. The standard InChI is InChI=1S/C15H11Cl2N5O4S/c1-26-12-5-9(22(24)25)2-3-11(12)18-13(23)7-27-15-20-19-14-10(17)4-8(16)6-21(14)15/h2-6H,7H2,1H3,(H,18,23). The van der Waals surface area contributed by atoms with Gasteiger partial charge in [-0.2, -0.15) is 0 Å². The first-order valence-electron chi connectivity index (χ1n) is 7.34. The summed E-state index contributed by atoms with van der Waals surface area (Å²) in [6.07, 6.45) is 1.60. The van der Waals surface area contributed by atoms with Crippen LogP contribution in [0.5, 0.6) is 5.75 Å². The number of nitro benzene ring substituents is 1. The number of non-ortho nitro benzene ring substituents is 1. The molecule has 0 unspecified atom stereocenters. The number of ether oxygens (including phenoxy) is 1. The van der Waals surface area contributed by atoms with E-state index in [9.17, 15) is 14.9 Å². The Morgan fingerprint density at radius 2 is 2.15 bits per heavy atom. The lowest BCUT2D eigenvalue weighted by Gasteiger charge is -2.09. The average Bonchev–Trinajstić information content (AvgIpc) is 3.03. The minimum absolute atomic E-state index is 0.0189. The van der Waals surface area contributed by atoms with Crippen LogP contribution in [-0.4, -0.2) is 38.3 Å². The summed E-state index contributed by atoms with van der Waals surface area (Å²) < 4.78 is 6.68. The van der Waals surface area contributed by atoms with Gasteiger partial charge in [0.2, 0.25) is 5.91 Å². The third kappa shape index (κ3) is 4.24. The topological polar surface area (TPSA) is 112 Å². The molecule has 0 spiro atoms. The normalized spacial score (nSPS) is 10.8. The maximum Gasteiger partial charge on any atom is 0.273 e. The van der Waals surface area contributed by atoms with E-state index in [0.29, 0.717) is 26.5 Å². The summed E-state index contributed by atoms with van der Waals surface area (Å²) in [6.45, 7) is 0. The molecule has 0 aliphatic carbocycles. The fraction of sp³-hybridized carbons (Fsp3) is 0.133. The van der Waals surface area contributed by atoms with Gasteiger partial charge >= 0.3 is 0 Å². The van der Waals surface area contributed by atoms with Crippen LogP contribution in [0.25, 0.3) is 5.65 Å². The summed E-state index contributed by atoms with van der Waals surface area (Å²) in [4.78, 5) is 22.5. The summed E-state index contributed by atoms with van der Waals surface area (Å²) >= 11 is 13.2. The number of amides is 1. The number of fused-ring (bicyclic) bond motifs is 1. The number of anilines is 1. The Kier molecular flexibility index (Phi) is 5.68. The van der Waals surface area contributed by atoms with E-state index in [-0.39, 0.29) is 23.1 Å². The van der Waals surface area contributed by atoms with Crippen molar-refractivity contribution in [3.05, 3.63) is 50.6 Å². The van der Waals surface area contributed by atoms with E-state index in [2.05, 4.69) is 15.5 Å². The molecule has 1 N–H and O–H groups in total. The summed E-state index contributed by atoms with van der Waals surface area (Å²) in [5.74, 6) is -0.142. The highest BCUT2D eigenvalue weighted by Crippen LogP contribution is 2.30. The number of nitrogens with zero attached hydrogens (tertiary/aromatic N) is 4. The van der Waals surface area contributed by atoms with Crippen LogP contribution in [0.4, 0.5) is 11.4 Å². The molecular formula is C15H11Cl2N5O4S. The van der Waals surface area contributed by atoms with E-state index in [1.54, 1.807) is 16.7 Å². The second kappa shape index (κ2) is 7.99. The maximum absolute atomic E-state index is 12.2. The molecule has 9 nitrogen and oxygen atoms in total. The van der Waals surface area contributed by atoms with Crippen molar-refractivity contribution in [2.24, 2.45) is 0 Å². The highest BCUT2D eigenvalue weighted by atomic mass is 35.5. The molecule has 1 amide bonds. The van der Waals surface area contributed by atoms with Crippen molar-refractivity contribution in [2.45, 2.75) is 5.16 Å². The number of halogens is 2. The zero-order chi connectivity index (χ0) is 19.6. The molecule has 0 saturated heterocycles. The number of benzene rings is 1. The maximum atomic E-state index is 12.2. The van der Waals surface area contributed by atoms with Gasteiger partial charge in [0.15, 0.2) is 10.8 Å². The number of methoxy groups -OCH3 is 1. The van der Waals surface area contributed by atoms with Crippen LogP contribution in [0.3, 0.4) is 0 Å². The van der Waals surface area contributed by atoms with Gasteiger partial charge < -0.3 is 10.1 Å². The van der Waals surface area contributed by atoms with Gasteiger partial charge in [-0.05, 0) is 12.1 Å². The number of hydrogen-bond acceptors (Lipinski definition) is 7. The number of hydrogen-bond donors (Lipinski definition) is 1. The minimum atomic E-state index is -0.545. The van der Waals surface area contributed by atoms with Crippen molar-refractivity contribution in [1.29, 1.82) is 0 Å². The second-order valence-corrected chi connectivity index (χ2v) is 6.95. The molecule has 0 atom stereocenters. The zero-order valence-corrected chi connectivity index (χ0v) is 16.0. The van der Waals surface area contributed by atoms with Gasteiger partial charge in [0.1, 0.15) is 5.75 Å². The smallest absolute Gasteiger partial charge is 0.273 e. The number of rotatable bonds is 6. The van der Waals surface area contributed by atoms with E-state index >= 15 is 0 Å². The van der Waals surface area contributed by atoms with Gasteiger partial charge in [-0.25, -0.2) is 0 Å². The highest BCUT2D eigenvalue weighted by molar-refractivity contribution is 7.99. The number of aromatic nitrogens is 3. The monoisotopic (exact) mass is 427 g/mol. The van der Waals surface area contributed by atoms with Crippen LogP contribution < -0.4 is 10.1 Å². The van der Waals surface area contributed by atoms with Crippen molar-refractivity contribution in [2.75, 3.05) is 18.2 Å². The largest absolute Gasteiger partial charge is 0.494 e. The predicted molar refractivity (Wildman–Crippen MR) is 102 cm³/mol. The quantitative estimate of drug-likeness (QED) is 0.362. The molecule has 3 aromatic rings. The molecule has 0 saturated carbocycles. The van der Waals surface area contributed by atoms with Crippen LogP contribution in [0, 0.1) is 10.1 Å². The molecule has 12 heteroatoms. The summed E-state index contributed by atoms with van der Waals surface area (Å²) in [7, 11) is 1.36. The number of carbonyl (C=O) groups is 1. The first kappa shape index (κ1) is 19.2. The molecule has 0 aliphatic rings. The molecule has 140 valence electrons. The molecular weight excluding hydrogens is 417 g/mol. The first-order chi connectivity index (χ1) is 12.9. The van der Waals surface area contributed by atoms with Crippen LogP contribution in [-0.2, 0) is 4.79 Å². The van der Waals surface area contributed by atoms with Gasteiger partial charge in [0, 0.05) is 12.3 Å². The lowest BCUT2D eigenvalue weighted by atomic mass is 10.2. The summed E-state index contributed by atoms with van der Waals surface area (Å²) in [6, 6.07) is 5.47. The molecule has 27 heavy (non-hydrogen) atoms. The van der Waals surface area contributed by atoms with Crippen LogP contribution in [0.1, 0.15) is 0 Å². The predicted octanol–water partition coefficient (Wildman–Crippen LogP) is 3.68. The molecule has 0 fully saturated rings. The third-order valence-electron chi connectivity index (χ3n) is 3.40. The number of carbonyl (C=O) groups excluding carboxylic acids is 1. The highest BCUT2D eigenvalue weighted by Gasteiger charge is 2.15. The average molecular weight is 428 g/mol. The Morgan fingerprint density at radius 3 is 2.85 bits per heavy atom. The van der Waals surface area contributed by atoms with Crippen molar-refractivity contribution in [1.82, 2.24) is 14.6 Å². The van der Waals surface area contributed by atoms with Crippen LogP contribution >= 0.6 is 35.0 Å². The number of nitrogens with one attached hydrogen (secondary N) is 1. The van der Waals surface area contributed by atoms with Gasteiger partial charge in [0.05, 0.1) is 39.6 Å². The van der Waals surface area contributed by atoms with Crippen LogP contribution in [0.2, 0.25) is 10.0 Å². The van der Waals surface area contributed by atoms with E-state index in [4.69, 9.17) is 27.9 Å². The van der Waals surface area contributed by atoms with Gasteiger partial charge in [0.25, 0.3) is 5.69 Å². The van der Waals surface area contributed by atoms with Gasteiger partial charge in [-0.3, -0.25) is 19.3 Å². The second-order valence-electron chi connectivity index (χ2n) is 5.16. The van der Waals surface area contributed by atoms with Crippen molar-refractivity contribution >= 4 is 57.9 Å².